The molecule has 2 heterocycles. The predicted molar refractivity (Wildman–Crippen MR) is 175 cm³/mol. The zero-order valence-corrected chi connectivity index (χ0v) is 27.4. The standard InChI is InChI=1S/C35H47ClN2O5S/c1-24-6-4-10-33(39)31-15-13-28(31)20-38-17-3-2-7-27-19-30(36)14-12-29(27)22-43-34-16-11-25(18-32(34)38)21-42-23-37-44(40,41)35(24)26-8-5-9-26/h4,10-12,14,16,18-19,24,26,28,31,33,35,37,39H,2-3,5-9,13,15,17,20-23H2,1H3/b10-4+/t24-,28+,31-,33+,35+/m1/s1. The first kappa shape index (κ1) is 31.9. The first-order valence-electron chi connectivity index (χ1n) is 16.5. The van der Waals surface area contributed by atoms with Crippen molar-refractivity contribution in [2.24, 2.45) is 23.7 Å². The number of nitrogens with one attached hydrogen (secondary N) is 1. The summed E-state index contributed by atoms with van der Waals surface area (Å²) in [6, 6.07) is 12.2. The molecule has 2 aliphatic carbocycles. The highest BCUT2D eigenvalue weighted by Gasteiger charge is 2.40. The van der Waals surface area contributed by atoms with Gasteiger partial charge in [0.15, 0.2) is 0 Å². The largest absolute Gasteiger partial charge is 0.487 e. The lowest BCUT2D eigenvalue weighted by Crippen LogP contribution is -2.45. The molecule has 0 aromatic heterocycles. The third-order valence-electron chi connectivity index (χ3n) is 10.4. The number of sulfonamides is 1. The Morgan fingerprint density at radius 3 is 2.61 bits per heavy atom. The first-order chi connectivity index (χ1) is 21.3. The van der Waals surface area contributed by atoms with Crippen molar-refractivity contribution in [3.8, 4) is 5.75 Å². The van der Waals surface area contributed by atoms with E-state index in [1.807, 2.05) is 37.3 Å². The van der Waals surface area contributed by atoms with Crippen molar-refractivity contribution in [1.29, 1.82) is 0 Å². The highest BCUT2D eigenvalue weighted by atomic mass is 35.5. The van der Waals surface area contributed by atoms with Crippen molar-refractivity contribution in [2.75, 3.05) is 24.7 Å². The molecule has 2 saturated carbocycles. The lowest BCUT2D eigenvalue weighted by atomic mass is 9.70. The minimum atomic E-state index is -3.57. The average molecular weight is 643 g/mol. The van der Waals surface area contributed by atoms with Crippen molar-refractivity contribution in [3.05, 3.63) is 70.3 Å². The fourth-order valence-corrected chi connectivity index (χ4v) is 9.65. The number of hydrogen-bond donors (Lipinski definition) is 2. The number of rotatable bonds is 1. The molecule has 2 aromatic carbocycles. The number of aliphatic hydroxyl groups excluding tert-OH is 1. The van der Waals surface area contributed by atoms with Crippen molar-refractivity contribution < 1.29 is 23.0 Å². The molecule has 4 aliphatic rings. The van der Waals surface area contributed by atoms with E-state index in [1.165, 1.54) is 5.56 Å². The number of fused-ring (bicyclic) bond motifs is 3. The van der Waals surface area contributed by atoms with Gasteiger partial charge in [-0.1, -0.05) is 49.2 Å². The number of hydrogen-bond acceptors (Lipinski definition) is 6. The number of anilines is 1. The van der Waals surface area contributed by atoms with E-state index in [2.05, 4.69) is 27.8 Å². The van der Waals surface area contributed by atoms with E-state index in [4.69, 9.17) is 21.1 Å². The summed E-state index contributed by atoms with van der Waals surface area (Å²) in [5.74, 6) is 1.50. The summed E-state index contributed by atoms with van der Waals surface area (Å²) in [5, 5.41) is 11.5. The summed E-state index contributed by atoms with van der Waals surface area (Å²) < 4.78 is 42.2. The van der Waals surface area contributed by atoms with E-state index in [-0.39, 0.29) is 24.5 Å². The molecule has 0 spiro atoms. The molecule has 2 aliphatic heterocycles. The summed E-state index contributed by atoms with van der Waals surface area (Å²) in [7, 11) is -3.57. The highest BCUT2D eigenvalue weighted by Crippen LogP contribution is 2.41. The molecule has 7 nitrogen and oxygen atoms in total. The van der Waals surface area contributed by atoms with Crippen LogP contribution in [-0.2, 0) is 34.4 Å². The maximum atomic E-state index is 13.5. The monoisotopic (exact) mass is 642 g/mol. The second-order valence-electron chi connectivity index (χ2n) is 13.4. The second kappa shape index (κ2) is 14.1. The summed E-state index contributed by atoms with van der Waals surface area (Å²) in [6.07, 6.45) is 12.1. The molecule has 0 radical (unpaired) electrons. The van der Waals surface area contributed by atoms with E-state index < -0.39 is 21.4 Å². The number of halogens is 1. The number of allylic oxidation sites excluding steroid dienone is 1. The molecule has 240 valence electrons. The lowest BCUT2D eigenvalue weighted by Gasteiger charge is -2.42. The van der Waals surface area contributed by atoms with E-state index in [0.717, 1.165) is 92.0 Å². The molecular formula is C35H47ClN2O5S. The van der Waals surface area contributed by atoms with Gasteiger partial charge in [-0.2, -0.15) is 4.72 Å². The minimum Gasteiger partial charge on any atom is -0.487 e. The smallest absolute Gasteiger partial charge is 0.216 e. The van der Waals surface area contributed by atoms with Crippen LogP contribution in [0.3, 0.4) is 0 Å². The van der Waals surface area contributed by atoms with Crippen LogP contribution in [-0.4, -0.2) is 44.7 Å². The van der Waals surface area contributed by atoms with Crippen molar-refractivity contribution in [2.45, 2.75) is 89.3 Å². The molecule has 0 unspecified atom stereocenters. The quantitative estimate of drug-likeness (QED) is 0.341. The van der Waals surface area contributed by atoms with Crippen LogP contribution in [0.2, 0.25) is 5.02 Å². The summed E-state index contributed by atoms with van der Waals surface area (Å²) in [5.41, 5.74) is 4.38. The number of aliphatic hydroxyl groups is 1. The topological polar surface area (TPSA) is 88.1 Å². The van der Waals surface area contributed by atoms with Gasteiger partial charge < -0.3 is 19.5 Å². The van der Waals surface area contributed by atoms with Gasteiger partial charge >= 0.3 is 0 Å². The predicted octanol–water partition coefficient (Wildman–Crippen LogP) is 6.61. The van der Waals surface area contributed by atoms with Crippen LogP contribution in [0.1, 0.15) is 75.0 Å². The van der Waals surface area contributed by atoms with Gasteiger partial charge in [0, 0.05) is 18.1 Å². The normalized spacial score (nSPS) is 30.9. The third kappa shape index (κ3) is 7.31. The van der Waals surface area contributed by atoms with Crippen LogP contribution in [0, 0.1) is 23.7 Å². The van der Waals surface area contributed by atoms with Gasteiger partial charge in [-0.25, -0.2) is 8.42 Å². The van der Waals surface area contributed by atoms with Crippen LogP contribution < -0.4 is 14.4 Å². The Morgan fingerprint density at radius 1 is 0.977 bits per heavy atom. The van der Waals surface area contributed by atoms with Crippen LogP contribution in [0.4, 0.5) is 5.69 Å². The van der Waals surface area contributed by atoms with Gasteiger partial charge in [0.2, 0.25) is 10.0 Å². The third-order valence-corrected chi connectivity index (χ3v) is 12.7. The van der Waals surface area contributed by atoms with Crippen LogP contribution >= 0.6 is 11.6 Å². The molecule has 9 heteroatoms. The molecule has 0 amide bonds. The molecule has 44 heavy (non-hydrogen) atoms. The number of nitrogens with zero attached hydrogens (tertiary/aromatic N) is 1. The van der Waals surface area contributed by atoms with Crippen LogP contribution in [0.15, 0.2) is 48.6 Å². The maximum absolute atomic E-state index is 13.5. The van der Waals surface area contributed by atoms with Gasteiger partial charge in [0.05, 0.1) is 23.6 Å². The van der Waals surface area contributed by atoms with E-state index in [9.17, 15) is 13.5 Å². The van der Waals surface area contributed by atoms with Gasteiger partial charge in [0.25, 0.3) is 0 Å². The van der Waals surface area contributed by atoms with Crippen molar-refractivity contribution in [3.63, 3.8) is 0 Å². The number of aryl methyl sites for hydroxylation is 1. The van der Waals surface area contributed by atoms with E-state index in [1.54, 1.807) is 0 Å². The fraction of sp³-hybridized carbons (Fsp3) is 0.600. The fourth-order valence-electron chi connectivity index (χ4n) is 7.52. The Morgan fingerprint density at radius 2 is 1.84 bits per heavy atom. The van der Waals surface area contributed by atoms with Gasteiger partial charge in [-0.05, 0) is 116 Å². The van der Waals surface area contributed by atoms with Crippen molar-refractivity contribution >= 4 is 27.3 Å². The Bertz CT molecular complexity index is 1430. The van der Waals surface area contributed by atoms with E-state index >= 15 is 0 Å². The molecule has 2 bridgehead atoms. The Hall–Kier alpha value is -2.10. The van der Waals surface area contributed by atoms with Gasteiger partial charge in [0.1, 0.15) is 19.1 Å². The SMILES string of the molecule is C[C@@H]1C/C=C/[C@H](O)[C@@H]2CC[C@H]2CN2CCCCc3cc(Cl)ccc3COc3ccc(cc32)COCNS(=O)(=O)[C@@H]1C1CCC1. The molecule has 5 atom stereocenters. The summed E-state index contributed by atoms with van der Waals surface area (Å²) in [4.78, 5) is 2.44. The van der Waals surface area contributed by atoms with E-state index in [0.29, 0.717) is 25.6 Å². The summed E-state index contributed by atoms with van der Waals surface area (Å²) in [6.45, 7) is 4.45. The average Bonchev–Trinajstić information content (AvgIpc) is 2.98. The number of benzene rings is 2. The highest BCUT2D eigenvalue weighted by molar-refractivity contribution is 7.90. The molecule has 2 aromatic rings. The lowest BCUT2D eigenvalue weighted by molar-refractivity contribution is 0.0460. The maximum Gasteiger partial charge on any atom is 0.216 e. The molecule has 2 N–H and O–H groups in total. The zero-order chi connectivity index (χ0) is 30.7. The Labute approximate surface area is 268 Å². The number of ether oxygens (including phenoxy) is 2. The van der Waals surface area contributed by atoms with Crippen LogP contribution in [0.5, 0.6) is 5.75 Å². The molecule has 2 fully saturated rings. The minimum absolute atomic E-state index is 0.0484. The van der Waals surface area contributed by atoms with Crippen molar-refractivity contribution in [1.82, 2.24) is 4.72 Å². The summed E-state index contributed by atoms with van der Waals surface area (Å²) >= 11 is 6.34. The second-order valence-corrected chi connectivity index (χ2v) is 15.7. The zero-order valence-electron chi connectivity index (χ0n) is 25.8. The Balaban J connectivity index is 1.29. The molecular weight excluding hydrogens is 596 g/mol. The first-order valence-corrected chi connectivity index (χ1v) is 18.4. The molecule has 0 saturated heterocycles. The Kier molecular flexibility index (Phi) is 10.2. The van der Waals surface area contributed by atoms with Gasteiger partial charge in [-0.3, -0.25) is 0 Å². The van der Waals surface area contributed by atoms with Gasteiger partial charge in [-0.15, -0.1) is 0 Å². The molecule has 6 rings (SSSR count). The van der Waals surface area contributed by atoms with Crippen LogP contribution in [0.25, 0.3) is 0 Å².